The van der Waals surface area contributed by atoms with E-state index in [2.05, 4.69) is 0 Å². The summed E-state index contributed by atoms with van der Waals surface area (Å²) < 4.78 is 10.5. The first-order chi connectivity index (χ1) is 20.7. The topological polar surface area (TPSA) is 153 Å². The summed E-state index contributed by atoms with van der Waals surface area (Å²) in [6.45, 7) is -0.718. The van der Waals surface area contributed by atoms with Gasteiger partial charge in [-0.3, -0.25) is 29.3 Å². The molecule has 0 saturated heterocycles. The van der Waals surface area contributed by atoms with Crippen molar-refractivity contribution in [2.24, 2.45) is 0 Å². The van der Waals surface area contributed by atoms with Gasteiger partial charge in [0.05, 0.1) is 28.7 Å². The molecule has 43 heavy (non-hydrogen) atoms. The Labute approximate surface area is 243 Å². The van der Waals surface area contributed by atoms with Crippen LogP contribution in [0.1, 0.15) is 51.8 Å². The molecule has 0 spiro atoms. The van der Waals surface area contributed by atoms with Crippen molar-refractivity contribution in [3.8, 4) is 11.5 Å². The molecule has 0 radical (unpaired) electrons. The molecule has 0 aliphatic carbocycles. The van der Waals surface area contributed by atoms with Crippen LogP contribution in [0.5, 0.6) is 11.5 Å². The molecule has 214 valence electrons. The largest absolute Gasteiger partial charge is 0.497 e. The predicted octanol–water partition coefficient (Wildman–Crippen LogP) is 4.36. The van der Waals surface area contributed by atoms with E-state index in [9.17, 15) is 34.1 Å². The van der Waals surface area contributed by atoms with E-state index >= 15 is 0 Å². The average Bonchev–Trinajstić information content (AvgIpc) is 3.28. The number of amides is 3. The van der Waals surface area contributed by atoms with Gasteiger partial charge in [0, 0.05) is 23.3 Å². The van der Waals surface area contributed by atoms with E-state index in [1.807, 2.05) is 0 Å². The maximum absolute atomic E-state index is 13.6. The average molecular weight is 580 g/mol. The lowest BCUT2D eigenvalue weighted by molar-refractivity contribution is -0.384. The van der Waals surface area contributed by atoms with Gasteiger partial charge >= 0.3 is 5.97 Å². The molecule has 4 aromatic carbocycles. The van der Waals surface area contributed by atoms with Crippen LogP contribution in [0.15, 0.2) is 97.1 Å². The molecule has 0 bridgehead atoms. The monoisotopic (exact) mass is 579 g/mol. The zero-order valence-electron chi connectivity index (χ0n) is 22.5. The van der Waals surface area contributed by atoms with Crippen LogP contribution in [0.25, 0.3) is 0 Å². The quantitative estimate of drug-likeness (QED) is 0.0703. The highest BCUT2D eigenvalue weighted by atomic mass is 16.6. The number of ether oxygens (including phenoxy) is 2. The standard InChI is InChI=1S/C31H21N3O9/c1-42-24-6-4-5-21(17-24)31(39)43-23-15-11-19(12-16-23)27(35)18-32(28(36)20-9-13-22(14-10-20)34(40)41)33-29(37)25-7-2-3-8-26(25)30(33)38/h2-17H,18H2,1H3. The molecule has 5 rings (SSSR count). The van der Waals surface area contributed by atoms with Crippen LogP contribution in [0.3, 0.4) is 0 Å². The minimum Gasteiger partial charge on any atom is -0.497 e. The van der Waals surface area contributed by atoms with Crippen LogP contribution in [-0.4, -0.2) is 58.1 Å². The van der Waals surface area contributed by atoms with Gasteiger partial charge < -0.3 is 9.47 Å². The molecule has 0 saturated carbocycles. The van der Waals surface area contributed by atoms with Gasteiger partial charge in [0.25, 0.3) is 23.4 Å². The fourth-order valence-electron chi connectivity index (χ4n) is 4.36. The van der Waals surface area contributed by atoms with E-state index in [0.29, 0.717) is 15.8 Å². The number of nitrogens with zero attached hydrogens (tertiary/aromatic N) is 3. The number of nitro benzene ring substituents is 1. The van der Waals surface area contributed by atoms with Crippen molar-refractivity contribution >= 4 is 35.2 Å². The number of carbonyl (C=O) groups is 5. The third-order valence-electron chi connectivity index (χ3n) is 6.56. The molecule has 1 aliphatic rings. The van der Waals surface area contributed by atoms with Crippen LogP contribution in [0.2, 0.25) is 0 Å². The van der Waals surface area contributed by atoms with Crippen molar-refractivity contribution in [2.75, 3.05) is 13.7 Å². The lowest BCUT2D eigenvalue weighted by Gasteiger charge is -2.29. The molecule has 0 atom stereocenters. The van der Waals surface area contributed by atoms with Crippen LogP contribution < -0.4 is 9.47 Å². The Balaban J connectivity index is 1.39. The van der Waals surface area contributed by atoms with E-state index in [4.69, 9.17) is 9.47 Å². The number of hydrogen-bond acceptors (Lipinski definition) is 9. The molecular weight excluding hydrogens is 558 g/mol. The highest BCUT2D eigenvalue weighted by molar-refractivity contribution is 6.22. The van der Waals surface area contributed by atoms with Gasteiger partial charge in [0.15, 0.2) is 5.78 Å². The molecular formula is C31H21N3O9. The fraction of sp³-hybridized carbons (Fsp3) is 0.0645. The number of ketones is 1. The molecule has 1 heterocycles. The Morgan fingerprint density at radius 1 is 0.767 bits per heavy atom. The zero-order valence-corrected chi connectivity index (χ0v) is 22.5. The van der Waals surface area contributed by atoms with Crippen LogP contribution in [0, 0.1) is 10.1 Å². The highest BCUT2D eigenvalue weighted by Gasteiger charge is 2.42. The SMILES string of the molecule is COc1cccc(C(=O)Oc2ccc(C(=O)CN(C(=O)c3ccc([N+](=O)[O-])cc3)N3C(=O)c4ccccc4C3=O)cc2)c1. The number of methoxy groups -OCH3 is 1. The number of hydrazine groups is 1. The third-order valence-corrected chi connectivity index (χ3v) is 6.56. The lowest BCUT2D eigenvalue weighted by atomic mass is 10.1. The first-order valence-electron chi connectivity index (χ1n) is 12.7. The summed E-state index contributed by atoms with van der Waals surface area (Å²) in [5.74, 6) is -3.18. The summed E-state index contributed by atoms with van der Waals surface area (Å²) in [5.41, 5.74) is 0.106. The first-order valence-corrected chi connectivity index (χ1v) is 12.7. The molecule has 0 unspecified atom stereocenters. The Morgan fingerprint density at radius 2 is 1.37 bits per heavy atom. The summed E-state index contributed by atoms with van der Waals surface area (Å²) in [7, 11) is 1.47. The summed E-state index contributed by atoms with van der Waals surface area (Å²) in [5, 5.41) is 12.4. The smallest absolute Gasteiger partial charge is 0.343 e. The van der Waals surface area contributed by atoms with E-state index in [1.165, 1.54) is 61.7 Å². The Hall–Kier alpha value is -6.17. The lowest BCUT2D eigenvalue weighted by Crippen LogP contribution is -2.51. The minimum absolute atomic E-state index is 0.0589. The number of non-ortho nitro benzene ring substituents is 1. The Morgan fingerprint density at radius 3 is 1.95 bits per heavy atom. The van der Waals surface area contributed by atoms with Crippen molar-refractivity contribution in [1.82, 2.24) is 10.0 Å². The van der Waals surface area contributed by atoms with Crippen molar-refractivity contribution in [2.45, 2.75) is 0 Å². The van der Waals surface area contributed by atoms with E-state index in [1.54, 1.807) is 30.3 Å². The van der Waals surface area contributed by atoms with Crippen LogP contribution >= 0.6 is 0 Å². The van der Waals surface area contributed by atoms with Gasteiger partial charge in [-0.1, -0.05) is 18.2 Å². The second-order valence-corrected chi connectivity index (χ2v) is 9.20. The molecule has 0 fully saturated rings. The van der Waals surface area contributed by atoms with E-state index in [-0.39, 0.29) is 39.3 Å². The molecule has 0 aromatic heterocycles. The summed E-state index contributed by atoms with van der Waals surface area (Å²) in [4.78, 5) is 76.3. The van der Waals surface area contributed by atoms with E-state index < -0.39 is 40.9 Å². The third kappa shape index (κ3) is 5.70. The van der Waals surface area contributed by atoms with Gasteiger partial charge in [0.2, 0.25) is 0 Å². The van der Waals surface area contributed by atoms with Gasteiger partial charge in [-0.05, 0) is 66.7 Å². The number of esters is 1. The molecule has 4 aromatic rings. The van der Waals surface area contributed by atoms with Crippen molar-refractivity contribution in [1.29, 1.82) is 0 Å². The van der Waals surface area contributed by atoms with Gasteiger partial charge in [-0.2, -0.15) is 5.01 Å². The van der Waals surface area contributed by atoms with Crippen LogP contribution in [0.4, 0.5) is 5.69 Å². The molecule has 0 N–H and O–H groups in total. The number of nitro groups is 1. The van der Waals surface area contributed by atoms with Crippen molar-refractivity contribution in [3.05, 3.63) is 135 Å². The molecule has 12 nitrogen and oxygen atoms in total. The number of hydrogen-bond donors (Lipinski definition) is 0. The number of Topliss-reactive ketones (excluding diaryl/α,β-unsaturated/α-hetero) is 1. The maximum atomic E-state index is 13.6. The number of fused-ring (bicyclic) bond motifs is 1. The number of benzene rings is 4. The highest BCUT2D eigenvalue weighted by Crippen LogP contribution is 2.26. The van der Waals surface area contributed by atoms with Crippen LogP contribution in [-0.2, 0) is 0 Å². The maximum Gasteiger partial charge on any atom is 0.343 e. The first kappa shape index (κ1) is 28.4. The van der Waals surface area contributed by atoms with Crippen molar-refractivity contribution in [3.63, 3.8) is 0 Å². The number of imide groups is 1. The minimum atomic E-state index is -0.901. The normalized spacial score (nSPS) is 12.0. The van der Waals surface area contributed by atoms with Gasteiger partial charge in [0.1, 0.15) is 18.0 Å². The number of carbonyl (C=O) groups excluding carboxylic acids is 5. The predicted molar refractivity (Wildman–Crippen MR) is 150 cm³/mol. The second kappa shape index (κ2) is 11.7. The summed E-state index contributed by atoms with van der Waals surface area (Å²) in [6, 6.07) is 22.4. The van der Waals surface area contributed by atoms with Gasteiger partial charge in [-0.25, -0.2) is 9.80 Å². The second-order valence-electron chi connectivity index (χ2n) is 9.20. The Kier molecular flexibility index (Phi) is 7.75. The fourth-order valence-corrected chi connectivity index (χ4v) is 4.36. The molecule has 12 heteroatoms. The van der Waals surface area contributed by atoms with E-state index in [0.717, 1.165) is 12.1 Å². The molecule has 3 amide bonds. The molecule has 1 aliphatic heterocycles. The summed E-state index contributed by atoms with van der Waals surface area (Å²) in [6.07, 6.45) is 0. The Bertz CT molecular complexity index is 1750. The number of rotatable bonds is 9. The zero-order chi connectivity index (χ0) is 30.7. The van der Waals surface area contributed by atoms with Gasteiger partial charge in [-0.15, -0.1) is 0 Å². The summed E-state index contributed by atoms with van der Waals surface area (Å²) >= 11 is 0. The van der Waals surface area contributed by atoms with Crippen molar-refractivity contribution < 1.29 is 38.4 Å².